The molecule has 0 radical (unpaired) electrons. The van der Waals surface area contributed by atoms with Crippen molar-refractivity contribution >= 4 is 21.6 Å². The third-order valence-corrected chi connectivity index (χ3v) is 7.35. The summed E-state index contributed by atoms with van der Waals surface area (Å²) in [7, 11) is -3.32. The first-order valence-electron chi connectivity index (χ1n) is 9.00. The van der Waals surface area contributed by atoms with Gasteiger partial charge in [-0.05, 0) is 37.3 Å². The van der Waals surface area contributed by atoms with Crippen LogP contribution in [0.4, 0.5) is 5.69 Å². The highest BCUT2D eigenvalue weighted by molar-refractivity contribution is 7.88. The average molecular weight is 363 g/mol. The Morgan fingerprint density at radius 1 is 1.20 bits per heavy atom. The van der Waals surface area contributed by atoms with Gasteiger partial charge in [0.15, 0.2) is 0 Å². The fourth-order valence-electron chi connectivity index (χ4n) is 4.66. The van der Waals surface area contributed by atoms with Crippen molar-refractivity contribution in [2.45, 2.75) is 37.1 Å². The average Bonchev–Trinajstić information content (AvgIpc) is 3.21. The molecule has 25 heavy (non-hydrogen) atoms. The summed E-state index contributed by atoms with van der Waals surface area (Å²) in [6.07, 6.45) is 4.45. The summed E-state index contributed by atoms with van der Waals surface area (Å²) < 4.78 is 25.2. The predicted octanol–water partition coefficient (Wildman–Crippen LogP) is 1.40. The number of carbonyl (C=O) groups is 1. The Morgan fingerprint density at radius 3 is 2.64 bits per heavy atom. The fourth-order valence-corrected chi connectivity index (χ4v) is 5.77. The lowest BCUT2D eigenvalue weighted by Crippen LogP contribution is -2.52. The maximum atomic E-state index is 12.9. The van der Waals surface area contributed by atoms with Gasteiger partial charge in [-0.1, -0.05) is 18.2 Å². The number of anilines is 1. The summed E-state index contributed by atoms with van der Waals surface area (Å²) in [5.41, 5.74) is 2.68. The molecular weight excluding hydrogens is 338 g/mol. The van der Waals surface area contributed by atoms with Gasteiger partial charge in [0.25, 0.3) is 0 Å². The molecule has 3 aliphatic rings. The first kappa shape index (κ1) is 16.8. The number of hydrogen-bond donors (Lipinski definition) is 1. The van der Waals surface area contributed by atoms with Crippen molar-refractivity contribution in [3.05, 3.63) is 29.8 Å². The van der Waals surface area contributed by atoms with Crippen LogP contribution in [-0.2, 0) is 20.2 Å². The van der Waals surface area contributed by atoms with Crippen LogP contribution in [0.15, 0.2) is 24.3 Å². The van der Waals surface area contributed by atoms with Crippen molar-refractivity contribution in [1.29, 1.82) is 0 Å². The smallest absolute Gasteiger partial charge is 0.241 e. The minimum absolute atomic E-state index is 0.0167. The van der Waals surface area contributed by atoms with Gasteiger partial charge in [0.1, 0.15) is 6.04 Å². The van der Waals surface area contributed by atoms with Crippen LogP contribution in [0.2, 0.25) is 0 Å². The lowest BCUT2D eigenvalue weighted by Gasteiger charge is -2.40. The molecular formula is C18H25N3O3S. The lowest BCUT2D eigenvalue weighted by molar-refractivity contribution is -0.136. The number of nitrogens with one attached hydrogen (secondary N) is 1. The number of piperidine rings is 1. The third kappa shape index (κ3) is 2.83. The number of nitrogens with zero attached hydrogens (tertiary/aromatic N) is 2. The fraction of sp³-hybridized carbons (Fsp3) is 0.611. The molecule has 3 aliphatic heterocycles. The van der Waals surface area contributed by atoms with Gasteiger partial charge in [0.2, 0.25) is 15.9 Å². The van der Waals surface area contributed by atoms with Crippen molar-refractivity contribution in [3.63, 3.8) is 0 Å². The second kappa shape index (κ2) is 5.99. The standard InChI is InChI=1S/C18H25N3O3S/c1-25(23,24)21-10-4-7-16(21)17(22)20-11-8-18(9-12-20)13-19-15-6-3-2-5-14(15)18/h2-3,5-6,16,19H,4,7-13H2,1H3/t16-/m0/s1. The number of sulfonamides is 1. The van der Waals surface area contributed by atoms with Gasteiger partial charge in [-0.25, -0.2) is 8.42 Å². The van der Waals surface area contributed by atoms with Crippen molar-refractivity contribution in [2.75, 3.05) is 37.8 Å². The maximum absolute atomic E-state index is 12.9. The number of benzene rings is 1. The lowest BCUT2D eigenvalue weighted by atomic mass is 9.74. The summed E-state index contributed by atoms with van der Waals surface area (Å²) in [6.45, 7) is 2.78. The molecule has 1 aromatic rings. The topological polar surface area (TPSA) is 69.7 Å². The van der Waals surface area contributed by atoms with Gasteiger partial charge in [-0.3, -0.25) is 4.79 Å². The van der Waals surface area contributed by atoms with E-state index in [0.717, 1.165) is 25.8 Å². The number of fused-ring (bicyclic) bond motifs is 2. The number of amides is 1. The minimum atomic E-state index is -3.32. The molecule has 2 saturated heterocycles. The van der Waals surface area contributed by atoms with E-state index in [9.17, 15) is 13.2 Å². The van der Waals surface area contributed by atoms with Crippen LogP contribution >= 0.6 is 0 Å². The highest BCUT2D eigenvalue weighted by Crippen LogP contribution is 2.44. The third-order valence-electron chi connectivity index (χ3n) is 6.06. The van der Waals surface area contributed by atoms with Gasteiger partial charge < -0.3 is 10.2 Å². The number of para-hydroxylation sites is 1. The van der Waals surface area contributed by atoms with Gasteiger partial charge in [0.05, 0.1) is 6.26 Å². The van der Waals surface area contributed by atoms with E-state index in [1.165, 1.54) is 21.8 Å². The molecule has 7 heteroatoms. The number of likely N-dealkylation sites (tertiary alicyclic amines) is 1. The van der Waals surface area contributed by atoms with Crippen molar-refractivity contribution < 1.29 is 13.2 Å². The molecule has 0 aliphatic carbocycles. The zero-order chi connectivity index (χ0) is 17.7. The molecule has 1 N–H and O–H groups in total. The van der Waals surface area contributed by atoms with Gasteiger partial charge in [-0.2, -0.15) is 4.31 Å². The highest BCUT2D eigenvalue weighted by atomic mass is 32.2. The molecule has 136 valence electrons. The SMILES string of the molecule is CS(=O)(=O)N1CCC[C@H]1C(=O)N1CCC2(CC1)CNc1ccccc12. The number of hydrogen-bond acceptors (Lipinski definition) is 4. The van der Waals surface area contributed by atoms with Crippen molar-refractivity contribution in [1.82, 2.24) is 9.21 Å². The van der Waals surface area contributed by atoms with E-state index in [1.54, 1.807) is 0 Å². The van der Waals surface area contributed by atoms with E-state index >= 15 is 0 Å². The quantitative estimate of drug-likeness (QED) is 0.862. The van der Waals surface area contributed by atoms with E-state index in [-0.39, 0.29) is 11.3 Å². The van der Waals surface area contributed by atoms with E-state index in [2.05, 4.69) is 23.5 Å². The largest absolute Gasteiger partial charge is 0.384 e. The summed E-state index contributed by atoms with van der Waals surface area (Å²) in [4.78, 5) is 14.8. The maximum Gasteiger partial charge on any atom is 0.241 e. The van der Waals surface area contributed by atoms with Crippen LogP contribution in [0, 0.1) is 0 Å². The summed E-state index contributed by atoms with van der Waals surface area (Å²) in [5.74, 6) is -0.0167. The molecule has 2 fully saturated rings. The Bertz CT molecular complexity index is 785. The monoisotopic (exact) mass is 363 g/mol. The summed E-state index contributed by atoms with van der Waals surface area (Å²) >= 11 is 0. The highest BCUT2D eigenvalue weighted by Gasteiger charge is 2.44. The molecule has 1 atom stereocenters. The molecule has 3 heterocycles. The molecule has 0 aromatic heterocycles. The van der Waals surface area contributed by atoms with Crippen LogP contribution in [0.5, 0.6) is 0 Å². The summed E-state index contributed by atoms with van der Waals surface area (Å²) in [6, 6.07) is 7.93. The van der Waals surface area contributed by atoms with E-state index in [4.69, 9.17) is 0 Å². The summed E-state index contributed by atoms with van der Waals surface area (Å²) in [5, 5.41) is 3.50. The molecule has 0 unspecified atom stereocenters. The first-order chi connectivity index (χ1) is 11.9. The second-order valence-electron chi connectivity index (χ2n) is 7.54. The first-order valence-corrected chi connectivity index (χ1v) is 10.8. The zero-order valence-electron chi connectivity index (χ0n) is 14.6. The van der Waals surface area contributed by atoms with E-state index < -0.39 is 16.1 Å². The van der Waals surface area contributed by atoms with E-state index in [0.29, 0.717) is 26.1 Å². The van der Waals surface area contributed by atoms with Crippen LogP contribution in [-0.4, -0.2) is 62.0 Å². The van der Waals surface area contributed by atoms with Crippen LogP contribution in [0.1, 0.15) is 31.2 Å². The second-order valence-corrected chi connectivity index (χ2v) is 9.47. The van der Waals surface area contributed by atoms with Crippen LogP contribution in [0.3, 0.4) is 0 Å². The van der Waals surface area contributed by atoms with E-state index in [1.807, 2.05) is 11.0 Å². The molecule has 6 nitrogen and oxygen atoms in total. The Balaban J connectivity index is 1.47. The Labute approximate surface area is 149 Å². The number of rotatable bonds is 2. The molecule has 4 rings (SSSR count). The Kier molecular flexibility index (Phi) is 4.03. The molecule has 1 aromatic carbocycles. The van der Waals surface area contributed by atoms with Gasteiger partial charge in [0, 0.05) is 37.3 Å². The predicted molar refractivity (Wildman–Crippen MR) is 97.0 cm³/mol. The normalized spacial score (nSPS) is 25.8. The molecule has 1 spiro atoms. The van der Waals surface area contributed by atoms with Crippen LogP contribution < -0.4 is 5.32 Å². The Hall–Kier alpha value is -1.60. The molecule has 0 saturated carbocycles. The van der Waals surface area contributed by atoms with Crippen molar-refractivity contribution in [2.24, 2.45) is 0 Å². The zero-order valence-corrected chi connectivity index (χ0v) is 15.4. The number of carbonyl (C=O) groups excluding carboxylic acids is 1. The van der Waals surface area contributed by atoms with Gasteiger partial charge in [-0.15, -0.1) is 0 Å². The van der Waals surface area contributed by atoms with Crippen LogP contribution in [0.25, 0.3) is 0 Å². The van der Waals surface area contributed by atoms with Crippen molar-refractivity contribution in [3.8, 4) is 0 Å². The Morgan fingerprint density at radius 2 is 1.92 bits per heavy atom. The molecule has 1 amide bonds. The minimum Gasteiger partial charge on any atom is -0.384 e. The van der Waals surface area contributed by atoms with Gasteiger partial charge >= 0.3 is 0 Å². The molecule has 0 bridgehead atoms.